The number of aromatic nitrogens is 5. The van der Waals surface area contributed by atoms with Crippen molar-refractivity contribution < 1.29 is 33.3 Å². The Morgan fingerprint density at radius 1 is 0.338 bits per heavy atom. The number of pyridine rings is 1. The van der Waals surface area contributed by atoms with Crippen molar-refractivity contribution in [3.8, 4) is 112 Å². The van der Waals surface area contributed by atoms with Crippen LogP contribution in [-0.4, -0.2) is 24.5 Å². The molecule has 0 fully saturated rings. The van der Waals surface area contributed by atoms with Crippen molar-refractivity contribution in [2.75, 3.05) is 0 Å². The van der Waals surface area contributed by atoms with Gasteiger partial charge in [-0.25, -0.2) is 13.2 Å². The number of nitrogens with zero attached hydrogens (tertiary/aromatic N) is 5. The average Bonchev–Trinajstić information content (AvgIpc) is 4.17. The number of hydrogen-bond acceptors (Lipinski definition) is 3. The smallest absolute Gasteiger partial charge is 0.304 e. The monoisotopic (exact) mass is 1140 g/mol. The Morgan fingerprint density at radius 2 is 0.757 bits per heavy atom. The van der Waals surface area contributed by atoms with E-state index in [0.717, 1.165) is 27.8 Å². The van der Waals surface area contributed by atoms with Crippen LogP contribution in [0.25, 0.3) is 112 Å². The van der Waals surface area contributed by atoms with Gasteiger partial charge >= 0.3 is 20.1 Å². The standard InChI is InChI=1S/C65H39F3N5.Ir/c66-63-60(56-28-13-10-25-53(56)48-35-36-59(69-38-48)47-20-16-19-46(37-47)45-33-31-44(32-34-45)43-17-4-1-5-18-43)64(67)62(58-30-15-12-27-55(58)50-40-71-73(42-50)52-23-8-3-9-24-52)65(68)61(63)57-29-14-11-26-54(57)49-39-70-72(41-49)51-21-6-2-7-22-51;/h1-19,21,23,25-42H;/q-3;+3. The molecule has 0 N–H and O–H groups in total. The van der Waals surface area contributed by atoms with Crippen LogP contribution in [0.5, 0.6) is 0 Å². The van der Waals surface area contributed by atoms with Crippen molar-refractivity contribution in [1.82, 2.24) is 24.5 Å². The fraction of sp³-hybridized carbons (Fsp3) is 0. The van der Waals surface area contributed by atoms with Crippen LogP contribution in [0.1, 0.15) is 0 Å². The summed E-state index contributed by atoms with van der Waals surface area (Å²) in [7, 11) is 0. The summed E-state index contributed by atoms with van der Waals surface area (Å²) in [5, 5.41) is 9.15. The minimum atomic E-state index is -1.06. The zero-order valence-corrected chi connectivity index (χ0v) is 41.6. The quantitative estimate of drug-likeness (QED) is 0.121. The molecule has 0 aliphatic heterocycles. The summed E-state index contributed by atoms with van der Waals surface area (Å²) < 4.78 is 57.7. The second kappa shape index (κ2) is 20.6. The van der Waals surface area contributed by atoms with E-state index >= 15 is 13.2 Å². The first-order valence-corrected chi connectivity index (χ1v) is 23.6. The van der Waals surface area contributed by atoms with Gasteiger partial charge in [-0.1, -0.05) is 140 Å². The molecule has 9 aromatic carbocycles. The molecule has 0 aliphatic rings. The van der Waals surface area contributed by atoms with Gasteiger partial charge in [0.05, 0.1) is 29.1 Å². The van der Waals surface area contributed by atoms with Gasteiger partial charge in [0.25, 0.3) is 0 Å². The molecule has 0 amide bonds. The molecule has 0 radical (unpaired) electrons. The minimum Gasteiger partial charge on any atom is -0.304 e. The van der Waals surface area contributed by atoms with Gasteiger partial charge in [0.1, 0.15) is 17.5 Å². The summed E-state index contributed by atoms with van der Waals surface area (Å²) >= 11 is 0. The van der Waals surface area contributed by atoms with Crippen molar-refractivity contribution >= 4 is 0 Å². The first kappa shape index (κ1) is 47.3. The van der Waals surface area contributed by atoms with E-state index in [9.17, 15) is 0 Å². The maximum Gasteiger partial charge on any atom is 3.00 e. The van der Waals surface area contributed by atoms with Crippen LogP contribution in [0.4, 0.5) is 13.2 Å². The van der Waals surface area contributed by atoms with E-state index in [1.54, 1.807) is 119 Å². The zero-order chi connectivity index (χ0) is 49.3. The predicted molar refractivity (Wildman–Crippen MR) is 284 cm³/mol. The molecule has 0 atom stereocenters. The molecule has 5 nitrogen and oxygen atoms in total. The fourth-order valence-electron chi connectivity index (χ4n) is 9.46. The van der Waals surface area contributed by atoms with Crippen LogP contribution in [0.3, 0.4) is 0 Å². The fourth-order valence-corrected chi connectivity index (χ4v) is 9.46. The predicted octanol–water partition coefficient (Wildman–Crippen LogP) is 16.3. The van der Waals surface area contributed by atoms with Crippen LogP contribution < -0.4 is 0 Å². The van der Waals surface area contributed by atoms with Crippen molar-refractivity contribution in [2.45, 2.75) is 0 Å². The Balaban J connectivity index is 0.00000588. The molecule has 3 aromatic heterocycles. The molecule has 74 heavy (non-hydrogen) atoms. The molecule has 0 unspecified atom stereocenters. The van der Waals surface area contributed by atoms with Crippen LogP contribution >= 0.6 is 0 Å². The average molecular weight is 1140 g/mol. The molecule has 0 saturated heterocycles. The summed E-state index contributed by atoms with van der Waals surface area (Å²) in [4.78, 5) is 4.88. The van der Waals surface area contributed by atoms with Gasteiger partial charge in [-0.15, -0.1) is 47.5 Å². The van der Waals surface area contributed by atoms with Gasteiger partial charge in [-0.05, 0) is 72.7 Å². The summed E-state index contributed by atoms with van der Waals surface area (Å²) in [5.74, 6) is -3.17. The van der Waals surface area contributed by atoms with Crippen molar-refractivity contribution in [3.63, 3.8) is 0 Å². The maximum atomic E-state index is 18.2. The molecule has 12 rings (SSSR count). The topological polar surface area (TPSA) is 48.5 Å². The molecule has 3 heterocycles. The van der Waals surface area contributed by atoms with E-state index in [1.807, 2.05) is 91.0 Å². The third-order valence-electron chi connectivity index (χ3n) is 13.0. The summed E-state index contributed by atoms with van der Waals surface area (Å²) in [6.07, 6.45) is 8.54. The van der Waals surface area contributed by atoms with Crippen molar-refractivity contribution in [3.05, 3.63) is 273 Å². The number of para-hydroxylation sites is 2. The molecule has 0 saturated carbocycles. The van der Waals surface area contributed by atoms with Crippen LogP contribution in [-0.2, 0) is 20.1 Å². The van der Waals surface area contributed by atoms with Crippen molar-refractivity contribution in [2.24, 2.45) is 0 Å². The number of rotatable bonds is 11. The van der Waals surface area contributed by atoms with Crippen LogP contribution in [0.2, 0.25) is 0 Å². The van der Waals surface area contributed by atoms with Gasteiger partial charge in [-0.3, -0.25) is 9.36 Å². The Kier molecular flexibility index (Phi) is 13.2. The summed E-state index contributed by atoms with van der Waals surface area (Å²) in [5.41, 5.74) is 9.95. The zero-order valence-electron chi connectivity index (χ0n) is 39.2. The molecule has 0 aliphatic carbocycles. The second-order valence-corrected chi connectivity index (χ2v) is 17.4. The third-order valence-corrected chi connectivity index (χ3v) is 13.0. The minimum absolute atomic E-state index is 0. The first-order valence-electron chi connectivity index (χ1n) is 23.6. The normalized spacial score (nSPS) is 11.1. The van der Waals surface area contributed by atoms with E-state index in [2.05, 4.69) is 64.8 Å². The van der Waals surface area contributed by atoms with E-state index < -0.39 is 17.5 Å². The molecule has 0 bridgehead atoms. The van der Waals surface area contributed by atoms with E-state index in [0.29, 0.717) is 50.4 Å². The Labute approximate surface area is 439 Å². The molecular weight excluding hydrogens is 1100 g/mol. The number of benzene rings is 9. The molecular formula is C65H39F3IrN5. The van der Waals surface area contributed by atoms with Crippen LogP contribution in [0, 0.1) is 35.7 Å². The van der Waals surface area contributed by atoms with E-state index in [1.165, 1.54) is 0 Å². The molecule has 12 aromatic rings. The Morgan fingerprint density at radius 3 is 1.22 bits per heavy atom. The molecule has 9 heteroatoms. The van der Waals surface area contributed by atoms with Gasteiger partial charge < -0.3 is 4.98 Å². The summed E-state index contributed by atoms with van der Waals surface area (Å²) in [6, 6.07) is 73.7. The Bertz CT molecular complexity index is 3780. The van der Waals surface area contributed by atoms with Crippen LogP contribution in [0.15, 0.2) is 237 Å². The molecule has 0 spiro atoms. The Hall–Kier alpha value is -9.01. The third kappa shape index (κ3) is 9.00. The first-order chi connectivity index (χ1) is 36.0. The van der Waals surface area contributed by atoms with Gasteiger partial charge in [0.15, 0.2) is 0 Å². The van der Waals surface area contributed by atoms with Crippen molar-refractivity contribution in [1.29, 1.82) is 0 Å². The van der Waals surface area contributed by atoms with Gasteiger partial charge in [0, 0.05) is 29.7 Å². The maximum absolute atomic E-state index is 18.2. The largest absolute Gasteiger partial charge is 3.00 e. The van der Waals surface area contributed by atoms with E-state index in [-0.39, 0.29) is 53.5 Å². The second-order valence-electron chi connectivity index (χ2n) is 17.4. The van der Waals surface area contributed by atoms with E-state index in [4.69, 9.17) is 4.98 Å². The molecule has 354 valence electrons. The SMILES string of the molecule is Fc1c(-c2ccccc2-c2ccc(-c3[c-]ccc(-c4ccc(-c5ccccc5)cc4)c3)nc2)c(F)c(-c2ccccc2-c2cnn(-c3[c-]cccc3)c2)c(F)c1-c1ccccc1-c1cnn(-c2[c-]cccc2)c1.[Ir+3]. The summed E-state index contributed by atoms with van der Waals surface area (Å²) in [6.45, 7) is 0. The number of hydrogen-bond donors (Lipinski definition) is 0. The van der Waals surface area contributed by atoms with Gasteiger partial charge in [-0.2, -0.15) is 58.7 Å². The number of halogens is 3. The van der Waals surface area contributed by atoms with Gasteiger partial charge in [0.2, 0.25) is 0 Å².